The number of nitrogens with zero attached hydrogens (tertiary/aromatic N) is 1. The number of aliphatic hydroxyl groups excluding tert-OH is 1. The van der Waals surface area contributed by atoms with Gasteiger partial charge in [0.25, 0.3) is 0 Å². The highest BCUT2D eigenvalue weighted by atomic mass is 16.6. The van der Waals surface area contributed by atoms with Crippen molar-refractivity contribution in [2.75, 3.05) is 13.1 Å². The van der Waals surface area contributed by atoms with Crippen molar-refractivity contribution in [2.24, 2.45) is 0 Å². The van der Waals surface area contributed by atoms with E-state index < -0.39 is 6.29 Å². The molecule has 0 bridgehead atoms. The number of ether oxygens (including phenoxy) is 1. The zero-order valence-electron chi connectivity index (χ0n) is 12.1. The first-order valence-electron chi connectivity index (χ1n) is 7.74. The molecule has 22 heavy (non-hydrogen) atoms. The highest BCUT2D eigenvalue weighted by Gasteiger charge is 2.73. The zero-order valence-corrected chi connectivity index (χ0v) is 12.1. The van der Waals surface area contributed by atoms with Crippen molar-refractivity contribution in [3.63, 3.8) is 0 Å². The standard InChI is InChI=1S/C18H18N2O2/c21-16-18(14-9-5-2-6-10-14)12-20(18)15(22-16)17(11-19-17)13-7-3-1-4-8-13/h1-10,15-16,19,21H,11-12H2. The molecule has 3 saturated heterocycles. The van der Waals surface area contributed by atoms with Crippen molar-refractivity contribution < 1.29 is 9.84 Å². The summed E-state index contributed by atoms with van der Waals surface area (Å²) in [6, 6.07) is 20.6. The summed E-state index contributed by atoms with van der Waals surface area (Å²) in [5.74, 6) is 0. The van der Waals surface area contributed by atoms with Crippen LogP contribution in [0.5, 0.6) is 0 Å². The molecule has 3 aliphatic rings. The molecule has 0 radical (unpaired) electrons. The Hall–Kier alpha value is -1.72. The van der Waals surface area contributed by atoms with Gasteiger partial charge in [-0.05, 0) is 11.1 Å². The Kier molecular flexibility index (Phi) is 2.43. The van der Waals surface area contributed by atoms with Crippen LogP contribution in [0.25, 0.3) is 0 Å². The lowest BCUT2D eigenvalue weighted by Crippen LogP contribution is -2.37. The molecule has 2 aromatic rings. The van der Waals surface area contributed by atoms with Crippen LogP contribution in [-0.2, 0) is 15.8 Å². The number of hydrogen-bond acceptors (Lipinski definition) is 4. The van der Waals surface area contributed by atoms with Gasteiger partial charge >= 0.3 is 0 Å². The quantitative estimate of drug-likeness (QED) is 0.840. The molecule has 0 spiro atoms. The molecule has 0 aliphatic carbocycles. The maximum Gasteiger partial charge on any atom is 0.180 e. The van der Waals surface area contributed by atoms with Gasteiger partial charge < -0.3 is 15.2 Å². The molecule has 4 nitrogen and oxygen atoms in total. The molecule has 0 amide bonds. The molecule has 3 fully saturated rings. The molecule has 5 rings (SSSR count). The van der Waals surface area contributed by atoms with Gasteiger partial charge in [0.15, 0.2) is 6.29 Å². The third-order valence-corrected chi connectivity index (χ3v) is 5.31. The van der Waals surface area contributed by atoms with Crippen molar-refractivity contribution in [1.29, 1.82) is 0 Å². The summed E-state index contributed by atoms with van der Waals surface area (Å²) in [7, 11) is 0. The third-order valence-electron chi connectivity index (χ3n) is 5.31. The van der Waals surface area contributed by atoms with Crippen molar-refractivity contribution >= 4 is 0 Å². The van der Waals surface area contributed by atoms with Crippen LogP contribution in [0.3, 0.4) is 0 Å². The molecule has 3 heterocycles. The number of rotatable bonds is 3. The molecule has 0 saturated carbocycles. The maximum absolute atomic E-state index is 10.6. The second-order valence-corrected chi connectivity index (χ2v) is 6.45. The molecule has 0 aromatic heterocycles. The summed E-state index contributed by atoms with van der Waals surface area (Å²) in [6.45, 7) is 1.73. The average Bonchev–Trinajstić information content (AvgIpc) is 3.49. The van der Waals surface area contributed by atoms with Gasteiger partial charge in [-0.3, -0.25) is 4.90 Å². The van der Waals surface area contributed by atoms with Gasteiger partial charge in [-0.15, -0.1) is 0 Å². The van der Waals surface area contributed by atoms with Crippen molar-refractivity contribution in [3.8, 4) is 0 Å². The van der Waals surface area contributed by atoms with Crippen LogP contribution in [0, 0.1) is 0 Å². The Bertz CT molecular complexity index is 702. The lowest BCUT2D eigenvalue weighted by atomic mass is 9.97. The van der Waals surface area contributed by atoms with E-state index in [2.05, 4.69) is 46.6 Å². The molecule has 4 heteroatoms. The summed E-state index contributed by atoms with van der Waals surface area (Å²) in [4.78, 5) is 2.28. The molecule has 5 unspecified atom stereocenters. The van der Waals surface area contributed by atoms with Gasteiger partial charge in [0, 0.05) is 13.1 Å². The van der Waals surface area contributed by atoms with Crippen LogP contribution in [0.1, 0.15) is 11.1 Å². The summed E-state index contributed by atoms with van der Waals surface area (Å²) in [5.41, 5.74) is 1.81. The minimum atomic E-state index is -0.775. The van der Waals surface area contributed by atoms with Gasteiger partial charge in [-0.2, -0.15) is 0 Å². The molecule has 5 atom stereocenters. The fraction of sp³-hybridized carbons (Fsp3) is 0.333. The van der Waals surface area contributed by atoms with Crippen molar-refractivity contribution in [1.82, 2.24) is 10.2 Å². The molecule has 2 N–H and O–H groups in total. The van der Waals surface area contributed by atoms with Gasteiger partial charge in [-0.25, -0.2) is 0 Å². The topological polar surface area (TPSA) is 54.4 Å². The van der Waals surface area contributed by atoms with E-state index in [1.54, 1.807) is 0 Å². The van der Waals surface area contributed by atoms with E-state index in [-0.39, 0.29) is 17.3 Å². The average molecular weight is 294 g/mol. The molecular formula is C18H18N2O2. The van der Waals surface area contributed by atoms with E-state index in [1.165, 1.54) is 5.56 Å². The number of aliphatic hydroxyl groups is 1. The summed E-state index contributed by atoms with van der Waals surface area (Å²) >= 11 is 0. The highest BCUT2D eigenvalue weighted by molar-refractivity contribution is 5.40. The number of hydrogen-bond donors (Lipinski definition) is 2. The fourth-order valence-electron chi connectivity index (χ4n) is 3.91. The first kappa shape index (κ1) is 12.8. The van der Waals surface area contributed by atoms with E-state index in [4.69, 9.17) is 4.74 Å². The Morgan fingerprint density at radius 2 is 1.59 bits per heavy atom. The van der Waals surface area contributed by atoms with E-state index in [1.807, 2.05) is 24.3 Å². The van der Waals surface area contributed by atoms with Crippen LogP contribution in [0.4, 0.5) is 0 Å². The van der Waals surface area contributed by atoms with Crippen LogP contribution < -0.4 is 5.32 Å². The van der Waals surface area contributed by atoms with Gasteiger partial charge in [0.05, 0.1) is 5.54 Å². The number of fused-ring (bicyclic) bond motifs is 1. The van der Waals surface area contributed by atoms with Gasteiger partial charge in [0.2, 0.25) is 0 Å². The minimum Gasteiger partial charge on any atom is -0.366 e. The van der Waals surface area contributed by atoms with Crippen molar-refractivity contribution in [2.45, 2.75) is 23.6 Å². The Morgan fingerprint density at radius 3 is 2.14 bits per heavy atom. The third kappa shape index (κ3) is 1.50. The molecule has 112 valence electrons. The van der Waals surface area contributed by atoms with Crippen molar-refractivity contribution in [3.05, 3.63) is 71.8 Å². The van der Waals surface area contributed by atoms with E-state index in [0.717, 1.165) is 18.7 Å². The molecule has 3 aliphatic heterocycles. The van der Waals surface area contributed by atoms with Gasteiger partial charge in [-0.1, -0.05) is 60.7 Å². The minimum absolute atomic E-state index is 0.120. The Balaban J connectivity index is 1.51. The summed E-state index contributed by atoms with van der Waals surface area (Å²) in [6.07, 6.45) is -0.895. The first-order valence-corrected chi connectivity index (χ1v) is 7.74. The first-order chi connectivity index (χ1) is 10.8. The summed E-state index contributed by atoms with van der Waals surface area (Å²) < 4.78 is 5.98. The van der Waals surface area contributed by atoms with Crippen LogP contribution in [0.15, 0.2) is 60.7 Å². The predicted octanol–water partition coefficient (Wildman–Crippen LogP) is 1.37. The maximum atomic E-state index is 10.6. The number of nitrogens with one attached hydrogen (secondary N) is 1. The summed E-state index contributed by atoms with van der Waals surface area (Å²) in [5, 5.41) is 14.0. The lowest BCUT2D eigenvalue weighted by Gasteiger charge is -2.24. The Morgan fingerprint density at radius 1 is 1.00 bits per heavy atom. The van der Waals surface area contributed by atoms with E-state index >= 15 is 0 Å². The SMILES string of the molecule is OC1OC(C2(c3ccccc3)CN2)N2CC12c1ccccc1. The monoisotopic (exact) mass is 294 g/mol. The lowest BCUT2D eigenvalue weighted by molar-refractivity contribution is -0.134. The van der Waals surface area contributed by atoms with Gasteiger partial charge in [0.1, 0.15) is 11.8 Å². The Labute approximate surface area is 129 Å². The highest BCUT2D eigenvalue weighted by Crippen LogP contribution is 2.58. The fourth-order valence-corrected chi connectivity index (χ4v) is 3.91. The molecular weight excluding hydrogens is 276 g/mol. The predicted molar refractivity (Wildman–Crippen MR) is 81.8 cm³/mol. The zero-order chi connectivity index (χ0) is 14.8. The largest absolute Gasteiger partial charge is 0.366 e. The molecule has 2 aromatic carbocycles. The second-order valence-electron chi connectivity index (χ2n) is 6.45. The smallest absolute Gasteiger partial charge is 0.180 e. The van der Waals surface area contributed by atoms with Crippen LogP contribution in [0.2, 0.25) is 0 Å². The van der Waals surface area contributed by atoms with Crippen LogP contribution in [-0.4, -0.2) is 35.6 Å². The number of benzene rings is 2. The second kappa shape index (κ2) is 4.18. The van der Waals surface area contributed by atoms with Crippen LogP contribution >= 0.6 is 0 Å². The van der Waals surface area contributed by atoms with E-state index in [0.29, 0.717) is 0 Å². The van der Waals surface area contributed by atoms with E-state index in [9.17, 15) is 5.11 Å². The normalized spacial score (nSPS) is 42.0.